The molecule has 7 heteroatoms. The van der Waals surface area contributed by atoms with Crippen molar-refractivity contribution in [3.63, 3.8) is 0 Å². The Balaban J connectivity index is 1.52. The molecule has 1 saturated carbocycles. The molecule has 0 radical (unpaired) electrons. The molecule has 1 aliphatic carbocycles. The number of carbonyl (C=O) groups excluding carboxylic acids is 1. The van der Waals surface area contributed by atoms with E-state index in [0.29, 0.717) is 41.9 Å². The molecule has 186 valence electrons. The first kappa shape index (κ1) is 24.2. The van der Waals surface area contributed by atoms with Crippen molar-refractivity contribution in [2.24, 2.45) is 22.7 Å². The van der Waals surface area contributed by atoms with Crippen LogP contribution in [0.5, 0.6) is 5.75 Å². The number of aliphatic imine (C=N–C) groups is 1. The summed E-state index contributed by atoms with van der Waals surface area (Å²) in [6, 6.07) is 14.3. The van der Waals surface area contributed by atoms with E-state index in [9.17, 15) is 14.4 Å². The molecule has 2 atom stereocenters. The second kappa shape index (κ2) is 10.6. The predicted octanol–water partition coefficient (Wildman–Crippen LogP) is 4.56. The first-order valence-electron chi connectivity index (χ1n) is 12.7. The number of hydrogen-bond donors (Lipinski definition) is 2. The summed E-state index contributed by atoms with van der Waals surface area (Å²) in [5.74, 6) is 1.26. The zero-order chi connectivity index (χ0) is 25.1. The normalized spacial score (nSPS) is 23.4. The lowest BCUT2D eigenvalue weighted by atomic mass is 9.91. The third kappa shape index (κ3) is 5.50. The van der Waals surface area contributed by atoms with Gasteiger partial charge in [0.25, 0.3) is 0 Å². The van der Waals surface area contributed by atoms with Crippen molar-refractivity contribution in [3.8, 4) is 11.8 Å². The van der Waals surface area contributed by atoms with Gasteiger partial charge in [0.2, 0.25) is 5.78 Å². The van der Waals surface area contributed by atoms with E-state index < -0.39 is 5.82 Å². The zero-order valence-corrected chi connectivity index (χ0v) is 20.5. The van der Waals surface area contributed by atoms with Gasteiger partial charge in [-0.15, -0.1) is 0 Å². The number of nitrogens with zero attached hydrogens (tertiary/aromatic N) is 2. The lowest BCUT2D eigenvalue weighted by molar-refractivity contribution is -0.116. The number of nitrogens with one attached hydrogen (secondary N) is 2. The highest BCUT2D eigenvalue weighted by molar-refractivity contribution is 6.42. The number of amidine groups is 1. The number of halogens is 1. The molecule has 2 aromatic carbocycles. The molecule has 2 aromatic rings. The van der Waals surface area contributed by atoms with Crippen LogP contribution in [-0.2, 0) is 4.79 Å². The molecule has 2 heterocycles. The maximum atomic E-state index is 14.7. The molecular formula is C29H31FN4O2. The Morgan fingerprint density at radius 1 is 1.11 bits per heavy atom. The summed E-state index contributed by atoms with van der Waals surface area (Å²) in [6.45, 7) is 5.07. The van der Waals surface area contributed by atoms with Gasteiger partial charge in [0, 0.05) is 18.0 Å². The molecule has 0 bridgehead atoms. The van der Waals surface area contributed by atoms with E-state index in [1.807, 2.05) is 37.3 Å². The van der Waals surface area contributed by atoms with Crippen LogP contribution in [0.1, 0.15) is 49.3 Å². The largest absolute Gasteiger partial charge is 0.493 e. The van der Waals surface area contributed by atoms with Crippen molar-refractivity contribution >= 4 is 22.9 Å². The molecular weight excluding hydrogens is 455 g/mol. The Bertz CT molecular complexity index is 1230. The van der Waals surface area contributed by atoms with E-state index in [1.165, 1.54) is 25.0 Å². The minimum atomic E-state index is -0.591. The zero-order valence-electron chi connectivity index (χ0n) is 20.5. The SMILES string of the molecule is CC1CC(c2ccc(OCC3CC3)cc2)=C(c2ccc(C#N)c(F)c2)NC(=NC[C@H]2CCNC2)C1=O. The Labute approximate surface area is 211 Å². The third-order valence-corrected chi connectivity index (χ3v) is 7.17. The van der Waals surface area contributed by atoms with Gasteiger partial charge in [-0.05, 0) is 86.0 Å². The van der Waals surface area contributed by atoms with E-state index in [-0.39, 0.29) is 17.3 Å². The number of allylic oxidation sites excluding steroid dienone is 1. The number of carbonyl (C=O) groups is 1. The van der Waals surface area contributed by atoms with Gasteiger partial charge >= 0.3 is 0 Å². The van der Waals surface area contributed by atoms with Crippen LogP contribution in [0.15, 0.2) is 47.5 Å². The summed E-state index contributed by atoms with van der Waals surface area (Å²) in [5, 5.41) is 15.8. The summed E-state index contributed by atoms with van der Waals surface area (Å²) in [6.07, 6.45) is 3.97. The number of rotatable bonds is 7. The van der Waals surface area contributed by atoms with Crippen LogP contribution in [0.25, 0.3) is 11.3 Å². The molecule has 0 spiro atoms. The van der Waals surface area contributed by atoms with Crippen LogP contribution in [0, 0.1) is 34.9 Å². The number of Topliss-reactive ketones (excluding diaryl/α,β-unsaturated/α-hetero) is 1. The second-order valence-electron chi connectivity index (χ2n) is 10.1. The Hall–Kier alpha value is -3.50. The molecule has 6 nitrogen and oxygen atoms in total. The van der Waals surface area contributed by atoms with Crippen molar-refractivity contribution in [2.45, 2.75) is 32.6 Å². The van der Waals surface area contributed by atoms with Crippen molar-refractivity contribution < 1.29 is 13.9 Å². The lowest BCUT2D eigenvalue weighted by Crippen LogP contribution is -2.32. The monoisotopic (exact) mass is 486 g/mol. The van der Waals surface area contributed by atoms with Crippen LogP contribution in [0.4, 0.5) is 4.39 Å². The molecule has 2 fully saturated rings. The van der Waals surface area contributed by atoms with Crippen molar-refractivity contribution in [2.75, 3.05) is 26.2 Å². The van der Waals surface area contributed by atoms with Crippen molar-refractivity contribution in [1.82, 2.24) is 10.6 Å². The minimum absolute atomic E-state index is 0.0150. The molecule has 1 saturated heterocycles. The minimum Gasteiger partial charge on any atom is -0.493 e. The van der Waals surface area contributed by atoms with Gasteiger partial charge in [-0.2, -0.15) is 5.26 Å². The molecule has 3 aliphatic rings. The van der Waals surface area contributed by atoms with Gasteiger partial charge in [0.15, 0.2) is 5.84 Å². The van der Waals surface area contributed by atoms with Gasteiger partial charge in [0.1, 0.15) is 17.6 Å². The second-order valence-corrected chi connectivity index (χ2v) is 10.1. The highest BCUT2D eigenvalue weighted by atomic mass is 19.1. The summed E-state index contributed by atoms with van der Waals surface area (Å²) < 4.78 is 20.5. The summed E-state index contributed by atoms with van der Waals surface area (Å²) in [5.41, 5.74) is 3.04. The van der Waals surface area contributed by atoms with E-state index in [1.54, 1.807) is 6.07 Å². The van der Waals surface area contributed by atoms with Crippen molar-refractivity contribution in [1.29, 1.82) is 5.26 Å². The smallest absolute Gasteiger partial charge is 0.200 e. The average Bonchev–Trinajstić information content (AvgIpc) is 3.60. The van der Waals surface area contributed by atoms with E-state index >= 15 is 0 Å². The standard InChI is InChI=1S/C29H31FN4O2/c1-18-12-25(21-6-8-24(9-7-21)36-17-19-2-3-19)27(22-4-5-23(14-31)26(30)13-22)34-29(28(18)35)33-16-20-10-11-32-15-20/h4-9,13,18-20,32H,2-3,10-12,15-17H2,1H3,(H,33,34)/t18?,20-/m0/s1. The quantitative estimate of drug-likeness (QED) is 0.599. The first-order valence-corrected chi connectivity index (χ1v) is 12.7. The Morgan fingerprint density at radius 2 is 1.89 bits per heavy atom. The Morgan fingerprint density at radius 3 is 2.56 bits per heavy atom. The summed E-state index contributed by atoms with van der Waals surface area (Å²) in [4.78, 5) is 18.0. The fourth-order valence-electron chi connectivity index (χ4n) is 4.72. The molecule has 2 N–H and O–H groups in total. The number of ether oxygens (including phenoxy) is 1. The maximum absolute atomic E-state index is 14.7. The fraction of sp³-hybridized carbons (Fsp3) is 0.414. The van der Waals surface area contributed by atoms with Crippen LogP contribution in [-0.4, -0.2) is 37.9 Å². The molecule has 0 aromatic heterocycles. The third-order valence-electron chi connectivity index (χ3n) is 7.17. The number of benzene rings is 2. The van der Waals surface area contributed by atoms with Crippen LogP contribution in [0.2, 0.25) is 0 Å². The van der Waals surface area contributed by atoms with E-state index in [2.05, 4.69) is 10.6 Å². The summed E-state index contributed by atoms with van der Waals surface area (Å²) >= 11 is 0. The lowest BCUT2D eigenvalue weighted by Gasteiger charge is -2.17. The van der Waals surface area contributed by atoms with Crippen molar-refractivity contribution in [3.05, 3.63) is 65.0 Å². The number of hydrogen-bond acceptors (Lipinski definition) is 5. The Kier molecular flexibility index (Phi) is 7.15. The molecule has 0 amide bonds. The highest BCUT2D eigenvalue weighted by Gasteiger charge is 2.29. The molecule has 5 rings (SSSR count). The topological polar surface area (TPSA) is 86.5 Å². The maximum Gasteiger partial charge on any atom is 0.200 e. The molecule has 1 unspecified atom stereocenters. The van der Waals surface area contributed by atoms with E-state index in [0.717, 1.165) is 43.0 Å². The molecule has 2 aliphatic heterocycles. The predicted molar refractivity (Wildman–Crippen MR) is 138 cm³/mol. The number of nitriles is 1. The van der Waals surface area contributed by atoms with Crippen LogP contribution < -0.4 is 15.4 Å². The van der Waals surface area contributed by atoms with Gasteiger partial charge < -0.3 is 15.4 Å². The number of ketones is 1. The van der Waals surface area contributed by atoms with Gasteiger partial charge in [-0.25, -0.2) is 4.39 Å². The summed E-state index contributed by atoms with van der Waals surface area (Å²) in [7, 11) is 0. The van der Waals surface area contributed by atoms with Crippen LogP contribution >= 0.6 is 0 Å². The van der Waals surface area contributed by atoms with Gasteiger partial charge in [-0.3, -0.25) is 9.79 Å². The highest BCUT2D eigenvalue weighted by Crippen LogP contribution is 2.35. The van der Waals surface area contributed by atoms with Crippen LogP contribution in [0.3, 0.4) is 0 Å². The van der Waals surface area contributed by atoms with E-state index in [4.69, 9.17) is 9.73 Å². The fourth-order valence-corrected chi connectivity index (χ4v) is 4.72. The average molecular weight is 487 g/mol. The molecule has 36 heavy (non-hydrogen) atoms. The van der Waals surface area contributed by atoms with Gasteiger partial charge in [-0.1, -0.05) is 25.1 Å². The first-order chi connectivity index (χ1) is 17.5. The van der Waals surface area contributed by atoms with Gasteiger partial charge in [0.05, 0.1) is 17.9 Å².